The highest BCUT2D eigenvalue weighted by molar-refractivity contribution is 5.98. The van der Waals surface area contributed by atoms with Crippen LogP contribution in [0.3, 0.4) is 0 Å². The maximum atomic E-state index is 12.6. The summed E-state index contributed by atoms with van der Waals surface area (Å²) in [5.41, 5.74) is 1.55. The van der Waals surface area contributed by atoms with Gasteiger partial charge in [0.1, 0.15) is 11.4 Å². The maximum absolute atomic E-state index is 12.6. The van der Waals surface area contributed by atoms with Crippen molar-refractivity contribution in [2.75, 3.05) is 0 Å². The average Bonchev–Trinajstić information content (AvgIpc) is 3.24. The molecular formula is C19H15F3N2O2. The summed E-state index contributed by atoms with van der Waals surface area (Å²) in [4.78, 5) is 15.5. The van der Waals surface area contributed by atoms with E-state index in [9.17, 15) is 18.0 Å². The number of rotatable bonds is 4. The second-order valence-electron chi connectivity index (χ2n) is 6.38. The van der Waals surface area contributed by atoms with Gasteiger partial charge in [-0.05, 0) is 42.7 Å². The number of hydrogen-bond acceptors (Lipinski definition) is 2. The largest absolute Gasteiger partial charge is 0.573 e. The highest BCUT2D eigenvalue weighted by Crippen LogP contribution is 2.45. The fraction of sp³-hybridized carbons (Fsp3) is 0.211. The predicted octanol–water partition coefficient (Wildman–Crippen LogP) is 4.49. The van der Waals surface area contributed by atoms with E-state index in [1.807, 2.05) is 30.3 Å². The second kappa shape index (κ2) is 5.79. The molecule has 26 heavy (non-hydrogen) atoms. The van der Waals surface area contributed by atoms with Crippen molar-refractivity contribution in [1.82, 2.24) is 10.3 Å². The van der Waals surface area contributed by atoms with Crippen LogP contribution in [0.4, 0.5) is 13.2 Å². The Hall–Kier alpha value is -2.96. The van der Waals surface area contributed by atoms with Gasteiger partial charge >= 0.3 is 6.36 Å². The highest BCUT2D eigenvalue weighted by Gasteiger charge is 2.45. The van der Waals surface area contributed by atoms with Crippen LogP contribution in [0.2, 0.25) is 0 Å². The molecule has 0 atom stereocenters. The molecule has 1 aromatic heterocycles. The van der Waals surface area contributed by atoms with Crippen molar-refractivity contribution in [2.24, 2.45) is 0 Å². The Bertz CT molecular complexity index is 960. The van der Waals surface area contributed by atoms with E-state index in [-0.39, 0.29) is 17.2 Å². The zero-order valence-corrected chi connectivity index (χ0v) is 13.6. The van der Waals surface area contributed by atoms with Gasteiger partial charge in [0.05, 0.1) is 5.54 Å². The summed E-state index contributed by atoms with van der Waals surface area (Å²) in [7, 11) is 0. The number of nitrogens with one attached hydrogen (secondary N) is 2. The highest BCUT2D eigenvalue weighted by atomic mass is 19.4. The molecule has 0 radical (unpaired) electrons. The third-order valence-electron chi connectivity index (χ3n) is 4.50. The number of amides is 1. The van der Waals surface area contributed by atoms with Gasteiger partial charge in [-0.1, -0.05) is 30.3 Å². The van der Waals surface area contributed by atoms with Gasteiger partial charge < -0.3 is 15.0 Å². The van der Waals surface area contributed by atoms with E-state index < -0.39 is 6.36 Å². The van der Waals surface area contributed by atoms with E-state index in [0.29, 0.717) is 16.6 Å². The van der Waals surface area contributed by atoms with Crippen molar-refractivity contribution in [3.05, 3.63) is 65.9 Å². The lowest BCUT2D eigenvalue weighted by atomic mass is 10.0. The molecule has 1 heterocycles. The summed E-state index contributed by atoms with van der Waals surface area (Å²) in [6, 6.07) is 15.1. The van der Waals surface area contributed by atoms with Crippen molar-refractivity contribution in [1.29, 1.82) is 0 Å². The zero-order valence-electron chi connectivity index (χ0n) is 13.6. The molecule has 1 aliphatic rings. The fourth-order valence-electron chi connectivity index (χ4n) is 3.08. The number of aromatic nitrogens is 1. The molecule has 0 unspecified atom stereocenters. The fourth-order valence-corrected chi connectivity index (χ4v) is 3.08. The second-order valence-corrected chi connectivity index (χ2v) is 6.38. The van der Waals surface area contributed by atoms with Crippen LogP contribution in [-0.4, -0.2) is 17.3 Å². The quantitative estimate of drug-likeness (QED) is 0.720. The van der Waals surface area contributed by atoms with Crippen molar-refractivity contribution in [3.63, 3.8) is 0 Å². The van der Waals surface area contributed by atoms with Crippen LogP contribution < -0.4 is 10.1 Å². The Morgan fingerprint density at radius 1 is 1.08 bits per heavy atom. The van der Waals surface area contributed by atoms with Crippen molar-refractivity contribution in [2.45, 2.75) is 24.7 Å². The third kappa shape index (κ3) is 3.24. The third-order valence-corrected chi connectivity index (χ3v) is 4.50. The van der Waals surface area contributed by atoms with Gasteiger partial charge in [0.25, 0.3) is 5.91 Å². The molecule has 0 saturated heterocycles. The number of aromatic amines is 1. The van der Waals surface area contributed by atoms with Gasteiger partial charge in [-0.25, -0.2) is 0 Å². The standard InChI is InChI=1S/C19H15F3N2O2/c20-19(21,22)26-14-6-7-15-12(10-14)11-16(23-15)17(25)24-18(8-9-18)13-4-2-1-3-5-13/h1-7,10-11,23H,8-9H2,(H,24,25). The Labute approximate surface area is 147 Å². The van der Waals surface area contributed by atoms with Gasteiger partial charge in [-0.3, -0.25) is 4.79 Å². The summed E-state index contributed by atoms with van der Waals surface area (Å²) in [6.45, 7) is 0. The van der Waals surface area contributed by atoms with Gasteiger partial charge in [0.2, 0.25) is 0 Å². The Morgan fingerprint density at radius 2 is 1.81 bits per heavy atom. The molecule has 1 amide bonds. The summed E-state index contributed by atoms with van der Waals surface area (Å²) >= 11 is 0. The number of halogens is 3. The summed E-state index contributed by atoms with van der Waals surface area (Å²) in [5.74, 6) is -0.611. The van der Waals surface area contributed by atoms with E-state index in [2.05, 4.69) is 15.0 Å². The number of fused-ring (bicyclic) bond motifs is 1. The summed E-state index contributed by atoms with van der Waals surface area (Å²) in [5, 5.41) is 3.51. The van der Waals surface area contributed by atoms with E-state index >= 15 is 0 Å². The number of ether oxygens (including phenoxy) is 1. The van der Waals surface area contributed by atoms with Gasteiger partial charge in [-0.15, -0.1) is 13.2 Å². The molecule has 4 nitrogen and oxygen atoms in total. The molecule has 2 aromatic carbocycles. The summed E-state index contributed by atoms with van der Waals surface area (Å²) in [6.07, 6.45) is -3.04. The Kier molecular flexibility index (Phi) is 3.68. The van der Waals surface area contributed by atoms with Crippen LogP contribution in [0.1, 0.15) is 28.9 Å². The molecule has 3 aromatic rings. The molecule has 4 rings (SSSR count). The SMILES string of the molecule is O=C(NC1(c2ccccc2)CC1)c1cc2cc(OC(F)(F)F)ccc2[nH]1. The lowest BCUT2D eigenvalue weighted by Crippen LogP contribution is -2.34. The molecule has 2 N–H and O–H groups in total. The Balaban J connectivity index is 1.56. The van der Waals surface area contributed by atoms with E-state index in [0.717, 1.165) is 18.4 Å². The van der Waals surface area contributed by atoms with Crippen LogP contribution in [0.25, 0.3) is 10.9 Å². The number of alkyl halides is 3. The van der Waals surface area contributed by atoms with Crippen molar-refractivity contribution < 1.29 is 22.7 Å². The average molecular weight is 360 g/mol. The molecule has 134 valence electrons. The molecule has 7 heteroatoms. The molecule has 0 spiro atoms. The lowest BCUT2D eigenvalue weighted by molar-refractivity contribution is -0.274. The first-order valence-corrected chi connectivity index (χ1v) is 8.11. The summed E-state index contributed by atoms with van der Waals surface area (Å²) < 4.78 is 40.9. The molecule has 1 saturated carbocycles. The Morgan fingerprint density at radius 3 is 2.46 bits per heavy atom. The predicted molar refractivity (Wildman–Crippen MR) is 89.8 cm³/mol. The zero-order chi connectivity index (χ0) is 18.4. The van der Waals surface area contributed by atoms with Crippen molar-refractivity contribution >= 4 is 16.8 Å². The van der Waals surface area contributed by atoms with Gasteiger partial charge in [0.15, 0.2) is 0 Å². The normalized spacial score (nSPS) is 15.7. The maximum Gasteiger partial charge on any atom is 0.573 e. The first-order valence-electron chi connectivity index (χ1n) is 8.11. The van der Waals surface area contributed by atoms with Crippen LogP contribution in [0, 0.1) is 0 Å². The number of H-pyrrole nitrogens is 1. The van der Waals surface area contributed by atoms with E-state index in [1.54, 1.807) is 0 Å². The van der Waals surface area contributed by atoms with Crippen LogP contribution in [-0.2, 0) is 5.54 Å². The molecule has 1 fully saturated rings. The first kappa shape index (κ1) is 16.5. The first-order chi connectivity index (χ1) is 12.3. The van der Waals surface area contributed by atoms with Crippen LogP contribution in [0.5, 0.6) is 5.75 Å². The number of carbonyl (C=O) groups is 1. The number of benzene rings is 2. The number of hydrogen-bond donors (Lipinski definition) is 2. The molecule has 0 aliphatic heterocycles. The minimum absolute atomic E-state index is 0.291. The molecule has 1 aliphatic carbocycles. The molecule has 0 bridgehead atoms. The lowest BCUT2D eigenvalue weighted by Gasteiger charge is -2.17. The minimum atomic E-state index is -4.75. The smallest absolute Gasteiger partial charge is 0.406 e. The molecular weight excluding hydrogens is 345 g/mol. The van der Waals surface area contributed by atoms with Crippen molar-refractivity contribution in [3.8, 4) is 5.75 Å². The van der Waals surface area contributed by atoms with Gasteiger partial charge in [0, 0.05) is 10.9 Å². The van der Waals surface area contributed by atoms with Crippen LogP contribution >= 0.6 is 0 Å². The van der Waals surface area contributed by atoms with Crippen LogP contribution in [0.15, 0.2) is 54.6 Å². The minimum Gasteiger partial charge on any atom is -0.406 e. The van der Waals surface area contributed by atoms with E-state index in [4.69, 9.17) is 0 Å². The number of carbonyl (C=O) groups excluding carboxylic acids is 1. The van der Waals surface area contributed by atoms with Gasteiger partial charge in [-0.2, -0.15) is 0 Å². The van der Waals surface area contributed by atoms with E-state index in [1.165, 1.54) is 24.3 Å². The topological polar surface area (TPSA) is 54.1 Å². The monoisotopic (exact) mass is 360 g/mol.